The number of aliphatic hydroxyl groups is 1. The Bertz CT molecular complexity index is 786. The lowest BCUT2D eigenvalue weighted by Crippen LogP contribution is -2.59. The maximum absolute atomic E-state index is 12.9. The number of nitrogens with one attached hydrogen (secondary N) is 1. The van der Waals surface area contributed by atoms with E-state index in [1.54, 1.807) is 0 Å². The summed E-state index contributed by atoms with van der Waals surface area (Å²) in [5.74, 6) is 0.217. The summed E-state index contributed by atoms with van der Waals surface area (Å²) in [6.45, 7) is 3.36. The van der Waals surface area contributed by atoms with Gasteiger partial charge in [0.05, 0.1) is 6.10 Å². The Balaban J connectivity index is 1.41. The fourth-order valence-corrected chi connectivity index (χ4v) is 4.88. The molecule has 5 heteroatoms. The van der Waals surface area contributed by atoms with Crippen LogP contribution in [0.1, 0.15) is 31.2 Å². The van der Waals surface area contributed by atoms with E-state index in [0.29, 0.717) is 13.0 Å². The number of carbonyl (C=O) groups is 1. The van der Waals surface area contributed by atoms with Gasteiger partial charge in [0.2, 0.25) is 5.91 Å². The molecule has 4 rings (SSSR count). The first kappa shape index (κ1) is 17.6. The summed E-state index contributed by atoms with van der Waals surface area (Å²) in [5.41, 5.74) is 2.19. The molecule has 0 aliphatic carbocycles. The zero-order valence-electron chi connectivity index (χ0n) is 15.6. The van der Waals surface area contributed by atoms with Gasteiger partial charge in [-0.2, -0.15) is 0 Å². The SMILES string of the molecule is CN1CC[C@H](O)[C@@]2(CCCN(C(=O)CCc3c[nH]c4ccccc34)C2)C1. The molecule has 0 bridgehead atoms. The summed E-state index contributed by atoms with van der Waals surface area (Å²) in [6.07, 6.45) is 5.85. The van der Waals surface area contributed by atoms with Crippen LogP contribution in [0.3, 0.4) is 0 Å². The molecule has 5 nitrogen and oxygen atoms in total. The number of aryl methyl sites for hydroxylation is 1. The van der Waals surface area contributed by atoms with Crippen molar-refractivity contribution in [1.82, 2.24) is 14.8 Å². The van der Waals surface area contributed by atoms with E-state index >= 15 is 0 Å². The van der Waals surface area contributed by atoms with Crippen molar-refractivity contribution in [2.75, 3.05) is 33.2 Å². The first-order valence-electron chi connectivity index (χ1n) is 9.77. The minimum absolute atomic E-state index is 0.137. The maximum Gasteiger partial charge on any atom is 0.222 e. The zero-order chi connectivity index (χ0) is 18.1. The van der Waals surface area contributed by atoms with Gasteiger partial charge < -0.3 is 19.9 Å². The van der Waals surface area contributed by atoms with E-state index in [1.807, 2.05) is 23.2 Å². The van der Waals surface area contributed by atoms with Crippen LogP contribution in [-0.4, -0.2) is 65.1 Å². The molecule has 2 N–H and O–H groups in total. The van der Waals surface area contributed by atoms with Crippen molar-refractivity contribution in [1.29, 1.82) is 0 Å². The van der Waals surface area contributed by atoms with Gasteiger partial charge in [-0.25, -0.2) is 0 Å². The Kier molecular flexibility index (Phi) is 4.76. The number of carbonyl (C=O) groups excluding carboxylic acids is 1. The number of para-hydroxylation sites is 1. The standard InChI is InChI=1S/C21H29N3O2/c1-23-12-9-19(25)21(14-23)10-4-11-24(15-21)20(26)8-7-16-13-22-18-6-3-2-5-17(16)18/h2-3,5-6,13,19,22,25H,4,7-12,14-15H2,1H3/t19-,21-/m0/s1. The molecule has 1 aromatic heterocycles. The van der Waals surface area contributed by atoms with Crippen LogP contribution in [0, 0.1) is 5.41 Å². The van der Waals surface area contributed by atoms with Gasteiger partial charge in [0.25, 0.3) is 0 Å². The number of aromatic nitrogens is 1. The minimum Gasteiger partial charge on any atom is -0.392 e. The van der Waals surface area contributed by atoms with Crippen LogP contribution < -0.4 is 0 Å². The van der Waals surface area contributed by atoms with Gasteiger partial charge in [0.15, 0.2) is 0 Å². The zero-order valence-corrected chi connectivity index (χ0v) is 15.6. The molecule has 2 aromatic rings. The van der Waals surface area contributed by atoms with Crippen LogP contribution in [0.5, 0.6) is 0 Å². The van der Waals surface area contributed by atoms with Crippen LogP contribution >= 0.6 is 0 Å². The molecule has 1 amide bonds. The van der Waals surface area contributed by atoms with Gasteiger partial charge in [-0.3, -0.25) is 4.79 Å². The Morgan fingerprint density at radius 1 is 1.31 bits per heavy atom. The van der Waals surface area contributed by atoms with Gasteiger partial charge in [-0.15, -0.1) is 0 Å². The molecule has 3 heterocycles. The Labute approximate surface area is 155 Å². The van der Waals surface area contributed by atoms with Crippen LogP contribution in [0.2, 0.25) is 0 Å². The smallest absolute Gasteiger partial charge is 0.222 e. The lowest BCUT2D eigenvalue weighted by molar-refractivity contribution is -0.140. The summed E-state index contributed by atoms with van der Waals surface area (Å²) in [7, 11) is 2.12. The highest BCUT2D eigenvalue weighted by atomic mass is 16.3. The molecule has 2 aliphatic heterocycles. The van der Waals surface area contributed by atoms with E-state index in [0.717, 1.165) is 50.8 Å². The number of rotatable bonds is 3. The van der Waals surface area contributed by atoms with E-state index in [1.165, 1.54) is 10.9 Å². The average Bonchev–Trinajstić information content (AvgIpc) is 3.06. The third-order valence-electron chi connectivity index (χ3n) is 6.32. The van der Waals surface area contributed by atoms with Crippen molar-refractivity contribution in [2.24, 2.45) is 5.41 Å². The molecule has 26 heavy (non-hydrogen) atoms. The summed E-state index contributed by atoms with van der Waals surface area (Å²) in [5, 5.41) is 11.8. The number of fused-ring (bicyclic) bond motifs is 1. The molecular formula is C21H29N3O2. The van der Waals surface area contributed by atoms with Crippen molar-refractivity contribution in [3.8, 4) is 0 Å². The molecule has 0 radical (unpaired) electrons. The average molecular weight is 355 g/mol. The lowest BCUT2D eigenvalue weighted by Gasteiger charge is -2.50. The molecule has 2 atom stereocenters. The number of H-pyrrole nitrogens is 1. The van der Waals surface area contributed by atoms with E-state index in [4.69, 9.17) is 0 Å². The highest BCUT2D eigenvalue weighted by Crippen LogP contribution is 2.38. The second kappa shape index (κ2) is 7.05. The molecule has 140 valence electrons. The van der Waals surface area contributed by atoms with Gasteiger partial charge in [-0.05, 0) is 44.4 Å². The van der Waals surface area contributed by atoms with Crippen LogP contribution in [0.15, 0.2) is 30.5 Å². The van der Waals surface area contributed by atoms with Crippen molar-refractivity contribution in [3.63, 3.8) is 0 Å². The Morgan fingerprint density at radius 2 is 2.15 bits per heavy atom. The normalized spacial score (nSPS) is 27.3. The Hall–Kier alpha value is -1.85. The van der Waals surface area contributed by atoms with Crippen molar-refractivity contribution >= 4 is 16.8 Å². The number of aromatic amines is 1. The van der Waals surface area contributed by atoms with Gasteiger partial charge in [-0.1, -0.05) is 18.2 Å². The number of benzene rings is 1. The number of piperidine rings is 2. The number of likely N-dealkylation sites (tertiary alicyclic amines) is 2. The van der Waals surface area contributed by atoms with Crippen molar-refractivity contribution in [3.05, 3.63) is 36.0 Å². The number of hydrogen-bond acceptors (Lipinski definition) is 3. The molecule has 0 saturated carbocycles. The lowest BCUT2D eigenvalue weighted by atomic mass is 9.71. The maximum atomic E-state index is 12.9. The van der Waals surface area contributed by atoms with Crippen LogP contribution in [-0.2, 0) is 11.2 Å². The number of aliphatic hydroxyl groups excluding tert-OH is 1. The fourth-order valence-electron chi connectivity index (χ4n) is 4.88. The van der Waals surface area contributed by atoms with Gasteiger partial charge >= 0.3 is 0 Å². The van der Waals surface area contributed by atoms with Gasteiger partial charge in [0.1, 0.15) is 0 Å². The van der Waals surface area contributed by atoms with E-state index in [2.05, 4.69) is 29.1 Å². The second-order valence-electron chi connectivity index (χ2n) is 8.18. The number of amides is 1. The van der Waals surface area contributed by atoms with E-state index < -0.39 is 0 Å². The quantitative estimate of drug-likeness (QED) is 0.889. The highest BCUT2D eigenvalue weighted by Gasteiger charge is 2.45. The Morgan fingerprint density at radius 3 is 3.04 bits per heavy atom. The number of hydrogen-bond donors (Lipinski definition) is 2. The monoisotopic (exact) mass is 355 g/mol. The first-order chi connectivity index (χ1) is 12.6. The first-order valence-corrected chi connectivity index (χ1v) is 9.77. The van der Waals surface area contributed by atoms with E-state index in [9.17, 15) is 9.90 Å². The number of nitrogens with zero attached hydrogens (tertiary/aromatic N) is 2. The predicted octanol–water partition coefficient (Wildman–Crippen LogP) is 2.41. The minimum atomic E-state index is -0.289. The van der Waals surface area contributed by atoms with Crippen LogP contribution in [0.4, 0.5) is 0 Å². The predicted molar refractivity (Wildman–Crippen MR) is 103 cm³/mol. The third-order valence-corrected chi connectivity index (χ3v) is 6.32. The summed E-state index contributed by atoms with van der Waals surface area (Å²) in [4.78, 5) is 20.4. The molecule has 2 saturated heterocycles. The topological polar surface area (TPSA) is 59.6 Å². The molecule has 1 spiro atoms. The fraction of sp³-hybridized carbons (Fsp3) is 0.571. The van der Waals surface area contributed by atoms with Crippen molar-refractivity contribution < 1.29 is 9.90 Å². The van der Waals surface area contributed by atoms with Crippen LogP contribution in [0.25, 0.3) is 10.9 Å². The molecule has 1 aromatic carbocycles. The summed E-state index contributed by atoms with van der Waals surface area (Å²) in [6, 6.07) is 8.23. The van der Waals surface area contributed by atoms with Gasteiger partial charge in [0, 0.05) is 55.1 Å². The summed E-state index contributed by atoms with van der Waals surface area (Å²) < 4.78 is 0. The van der Waals surface area contributed by atoms with Crippen molar-refractivity contribution in [2.45, 2.75) is 38.2 Å². The second-order valence-corrected chi connectivity index (χ2v) is 8.18. The molecule has 0 unspecified atom stereocenters. The van der Waals surface area contributed by atoms with E-state index in [-0.39, 0.29) is 17.4 Å². The largest absolute Gasteiger partial charge is 0.392 e. The molecule has 2 aliphatic rings. The highest BCUT2D eigenvalue weighted by molar-refractivity contribution is 5.84. The molecule has 2 fully saturated rings. The third kappa shape index (κ3) is 3.26. The molecular weight excluding hydrogens is 326 g/mol. The summed E-state index contributed by atoms with van der Waals surface area (Å²) >= 11 is 0.